The van der Waals surface area contributed by atoms with Crippen LogP contribution in [0.4, 0.5) is 0 Å². The van der Waals surface area contributed by atoms with Crippen LogP contribution in [0.5, 0.6) is 34.5 Å². The van der Waals surface area contributed by atoms with Crippen LogP contribution in [0.1, 0.15) is 54.1 Å². The summed E-state index contributed by atoms with van der Waals surface area (Å²) < 4.78 is 0. The number of aromatic hydroxyl groups is 6. The second kappa shape index (κ2) is 10.9. The van der Waals surface area contributed by atoms with Crippen LogP contribution in [0.3, 0.4) is 0 Å². The molecule has 0 aliphatic carbocycles. The fraction of sp³-hybridized carbons (Fsp3) is 0.105. The zero-order valence-corrected chi connectivity index (χ0v) is 25.4. The van der Waals surface area contributed by atoms with E-state index in [1.54, 1.807) is 74.5 Å². The number of ketones is 2. The number of carbonyl (C=O) groups is 2. The molecule has 0 aromatic heterocycles. The quantitative estimate of drug-likeness (QED) is 0.0857. The van der Waals surface area contributed by atoms with E-state index in [1.165, 1.54) is 0 Å². The summed E-state index contributed by atoms with van der Waals surface area (Å²) in [5, 5.41) is 66.8. The number of phenolic OH excluding ortho intramolecular Hbond substituents is 6. The molecule has 0 aliphatic rings. The maximum atomic E-state index is 13.6. The van der Waals surface area contributed by atoms with Gasteiger partial charge < -0.3 is 30.6 Å². The van der Waals surface area contributed by atoms with Gasteiger partial charge >= 0.3 is 0 Å². The van der Waals surface area contributed by atoms with Crippen molar-refractivity contribution in [3.8, 4) is 45.6 Å². The van der Waals surface area contributed by atoms with E-state index in [4.69, 9.17) is 0 Å². The monoisotopic (exact) mass is 614 g/mol. The lowest BCUT2D eigenvalue weighted by Crippen LogP contribution is -2.05. The number of benzene rings is 6. The minimum absolute atomic E-state index is 0.0500. The number of hydrogen-bond donors (Lipinski definition) is 6. The van der Waals surface area contributed by atoms with Gasteiger partial charge in [-0.3, -0.25) is 9.59 Å². The number of rotatable bonds is 5. The van der Waals surface area contributed by atoms with Gasteiger partial charge in [0.25, 0.3) is 0 Å². The largest absolute Gasteiger partial charge is 0.507 e. The van der Waals surface area contributed by atoms with Crippen LogP contribution in [0.15, 0.2) is 72.8 Å². The van der Waals surface area contributed by atoms with Gasteiger partial charge in [-0.1, -0.05) is 59.7 Å². The van der Waals surface area contributed by atoms with E-state index in [9.17, 15) is 40.2 Å². The average Bonchev–Trinajstić information content (AvgIpc) is 3.01. The first kappa shape index (κ1) is 30.0. The molecule has 0 atom stereocenters. The fourth-order valence-electron chi connectivity index (χ4n) is 6.05. The van der Waals surface area contributed by atoms with E-state index in [2.05, 4.69) is 0 Å². The second-order valence-electron chi connectivity index (χ2n) is 11.7. The Morgan fingerprint density at radius 3 is 1.09 bits per heavy atom. The Balaban J connectivity index is 1.60. The fourth-order valence-corrected chi connectivity index (χ4v) is 6.05. The molecule has 0 unspecified atom stereocenters. The van der Waals surface area contributed by atoms with Gasteiger partial charge in [0.1, 0.15) is 11.5 Å². The molecule has 46 heavy (non-hydrogen) atoms. The van der Waals surface area contributed by atoms with Crippen molar-refractivity contribution >= 4 is 33.1 Å². The molecular formula is C38H30O8. The third kappa shape index (κ3) is 4.62. The Morgan fingerprint density at radius 2 is 0.761 bits per heavy atom. The molecule has 0 spiro atoms. The third-order valence-electron chi connectivity index (χ3n) is 8.47. The first-order valence-electron chi connectivity index (χ1n) is 14.5. The molecular weight excluding hydrogens is 584 g/mol. The van der Waals surface area contributed by atoms with Gasteiger partial charge in [0.2, 0.25) is 0 Å². The van der Waals surface area contributed by atoms with Crippen LogP contribution in [0.2, 0.25) is 0 Å². The van der Waals surface area contributed by atoms with Crippen LogP contribution < -0.4 is 0 Å². The summed E-state index contributed by atoms with van der Waals surface area (Å²) in [4.78, 5) is 27.2. The molecule has 6 rings (SSSR count). The number of phenols is 6. The highest BCUT2D eigenvalue weighted by Crippen LogP contribution is 2.51. The van der Waals surface area contributed by atoms with Gasteiger partial charge in [-0.15, -0.1) is 0 Å². The highest BCUT2D eigenvalue weighted by atomic mass is 16.3. The van der Waals surface area contributed by atoms with Gasteiger partial charge in [-0.2, -0.15) is 0 Å². The first-order chi connectivity index (χ1) is 21.8. The summed E-state index contributed by atoms with van der Waals surface area (Å²) in [6, 6.07) is 18.9. The van der Waals surface area contributed by atoms with Crippen molar-refractivity contribution in [3.63, 3.8) is 0 Å². The van der Waals surface area contributed by atoms with Crippen molar-refractivity contribution < 1.29 is 40.2 Å². The van der Waals surface area contributed by atoms with Crippen molar-refractivity contribution in [2.24, 2.45) is 0 Å². The average molecular weight is 615 g/mol. The maximum Gasteiger partial charge on any atom is 0.197 e. The van der Waals surface area contributed by atoms with Crippen LogP contribution in [0.25, 0.3) is 32.7 Å². The van der Waals surface area contributed by atoms with E-state index < -0.39 is 34.6 Å². The first-order valence-corrected chi connectivity index (χ1v) is 14.5. The minimum Gasteiger partial charge on any atom is -0.507 e. The van der Waals surface area contributed by atoms with E-state index in [-0.39, 0.29) is 66.4 Å². The Kier molecular flexibility index (Phi) is 7.08. The predicted octanol–water partition coefficient (Wildman–Crippen LogP) is 7.59. The predicted molar refractivity (Wildman–Crippen MR) is 176 cm³/mol. The smallest absolute Gasteiger partial charge is 0.197 e. The summed E-state index contributed by atoms with van der Waals surface area (Å²) in [7, 11) is 0. The second-order valence-corrected chi connectivity index (χ2v) is 11.7. The molecule has 0 bridgehead atoms. The van der Waals surface area contributed by atoms with Gasteiger partial charge in [0, 0.05) is 43.8 Å². The van der Waals surface area contributed by atoms with E-state index in [0.717, 1.165) is 23.3 Å². The number of aryl methyl sites for hydroxylation is 4. The molecule has 0 saturated heterocycles. The Morgan fingerprint density at radius 1 is 0.435 bits per heavy atom. The maximum absolute atomic E-state index is 13.6. The highest BCUT2D eigenvalue weighted by molar-refractivity contribution is 6.22. The Bertz CT molecular complexity index is 2100. The summed E-state index contributed by atoms with van der Waals surface area (Å²) in [6.07, 6.45) is 0. The van der Waals surface area contributed by atoms with Gasteiger partial charge in [0.05, 0.1) is 11.1 Å². The number of carbonyl (C=O) groups excluding carboxylic acids is 2. The van der Waals surface area contributed by atoms with E-state index >= 15 is 0 Å². The summed E-state index contributed by atoms with van der Waals surface area (Å²) in [5.41, 5.74) is 3.21. The van der Waals surface area contributed by atoms with Gasteiger partial charge in [-0.25, -0.2) is 0 Å². The SMILES string of the molecule is Cc1ccc(C(=O)c2c(O)c(O)cc3c(O)c(-c4c(C)cc5c(C(=O)c6ccc(C)cc6)c(O)c(O)cc5c4O)c(C)cc23)cc1. The van der Waals surface area contributed by atoms with Crippen molar-refractivity contribution in [1.29, 1.82) is 0 Å². The molecule has 0 radical (unpaired) electrons. The molecule has 0 aliphatic heterocycles. The molecule has 6 N–H and O–H groups in total. The number of hydrogen-bond acceptors (Lipinski definition) is 8. The lowest BCUT2D eigenvalue weighted by molar-refractivity contribution is 0.102. The van der Waals surface area contributed by atoms with E-state index in [0.29, 0.717) is 11.1 Å². The Labute approximate surface area is 263 Å². The zero-order valence-electron chi connectivity index (χ0n) is 25.4. The molecule has 0 fully saturated rings. The van der Waals surface area contributed by atoms with Crippen LogP contribution in [-0.4, -0.2) is 42.2 Å². The normalized spacial score (nSPS) is 11.3. The third-order valence-corrected chi connectivity index (χ3v) is 8.47. The van der Waals surface area contributed by atoms with Crippen LogP contribution in [-0.2, 0) is 0 Å². The molecule has 230 valence electrons. The van der Waals surface area contributed by atoms with Crippen molar-refractivity contribution in [1.82, 2.24) is 0 Å². The molecule has 0 amide bonds. The van der Waals surface area contributed by atoms with Crippen LogP contribution in [0, 0.1) is 27.7 Å². The molecule has 0 saturated carbocycles. The van der Waals surface area contributed by atoms with Gasteiger partial charge in [-0.05, 0) is 63.1 Å². The van der Waals surface area contributed by atoms with Gasteiger partial charge in [0.15, 0.2) is 34.6 Å². The summed E-state index contributed by atoms with van der Waals surface area (Å²) >= 11 is 0. The topological polar surface area (TPSA) is 156 Å². The standard InChI is InChI=1S/C38H30O8/c1-17-5-9-21(10-6-17)33(41)31-23-13-19(3)29(35(43)25(23)15-27(39)37(31)45)30-20(4)14-24-26(36(30)44)16-28(40)38(46)32(24)34(42)22-11-7-18(2)8-12-22/h5-16,39-40,43-46H,1-4H3. The number of fused-ring (bicyclic) bond motifs is 2. The lowest BCUT2D eigenvalue weighted by atomic mass is 9.86. The van der Waals surface area contributed by atoms with Crippen molar-refractivity contribution in [2.75, 3.05) is 0 Å². The van der Waals surface area contributed by atoms with Crippen LogP contribution >= 0.6 is 0 Å². The summed E-state index contributed by atoms with van der Waals surface area (Å²) in [6.45, 7) is 7.05. The minimum atomic E-state index is -0.629. The van der Waals surface area contributed by atoms with Crippen molar-refractivity contribution in [2.45, 2.75) is 27.7 Å². The lowest BCUT2D eigenvalue weighted by Gasteiger charge is -2.20. The zero-order chi connectivity index (χ0) is 33.2. The summed E-state index contributed by atoms with van der Waals surface area (Å²) in [5.74, 6) is -4.36. The highest BCUT2D eigenvalue weighted by Gasteiger charge is 2.28. The van der Waals surface area contributed by atoms with Crippen molar-refractivity contribution in [3.05, 3.63) is 117 Å². The molecule has 8 heteroatoms. The Hall–Kier alpha value is -6.02. The molecule has 6 aromatic rings. The molecule has 6 aromatic carbocycles. The van der Waals surface area contributed by atoms with E-state index in [1.807, 2.05) is 13.8 Å². The molecule has 0 heterocycles. The molecule has 8 nitrogen and oxygen atoms in total.